The lowest BCUT2D eigenvalue weighted by atomic mass is 9.92. The maximum Gasteiger partial charge on any atom is 0.510 e. The summed E-state index contributed by atoms with van der Waals surface area (Å²) in [6, 6.07) is 9.68. The number of carbonyl (C=O) groups is 3. The summed E-state index contributed by atoms with van der Waals surface area (Å²) in [6.07, 6.45) is 1.02. The molecule has 16 nitrogen and oxygen atoms in total. The van der Waals surface area contributed by atoms with Gasteiger partial charge in [-0.05, 0) is 61.8 Å². The normalized spacial score (nSPS) is 17.9. The van der Waals surface area contributed by atoms with Gasteiger partial charge in [0.2, 0.25) is 31.6 Å². The van der Waals surface area contributed by atoms with Crippen molar-refractivity contribution in [2.24, 2.45) is 0 Å². The summed E-state index contributed by atoms with van der Waals surface area (Å²) >= 11 is 1.37. The lowest BCUT2D eigenvalue weighted by Gasteiger charge is -2.47. The average molecular weight is 794 g/mol. The van der Waals surface area contributed by atoms with Gasteiger partial charge in [0.05, 0.1) is 19.9 Å². The van der Waals surface area contributed by atoms with Crippen LogP contribution in [-0.4, -0.2) is 74.1 Å². The second-order valence-corrected chi connectivity index (χ2v) is 15.3. The van der Waals surface area contributed by atoms with Gasteiger partial charge >= 0.3 is 20.1 Å². The van der Waals surface area contributed by atoms with Crippen LogP contribution in [0, 0.1) is 11.6 Å². The van der Waals surface area contributed by atoms with E-state index >= 15 is 8.78 Å². The fraction of sp³-hybridized carbons (Fsp3) is 0.412. The number of piperidine rings is 1. The van der Waals surface area contributed by atoms with E-state index in [1.54, 1.807) is 4.90 Å². The molecule has 7 rings (SSSR count). The van der Waals surface area contributed by atoms with E-state index in [-0.39, 0.29) is 34.7 Å². The van der Waals surface area contributed by atoms with Crippen LogP contribution in [0.4, 0.5) is 18.4 Å². The molecule has 1 aliphatic carbocycles. The second-order valence-electron chi connectivity index (χ2n) is 12.6. The number of pyridine rings is 1. The number of nitrogens with zero attached hydrogens (tertiary/aromatic N) is 2. The lowest BCUT2D eigenvalue weighted by Crippen LogP contribution is -2.61. The minimum atomic E-state index is -4.78. The van der Waals surface area contributed by atoms with Gasteiger partial charge in [-0.25, -0.2) is 41.2 Å². The number of aromatic nitrogens is 1. The van der Waals surface area contributed by atoms with Gasteiger partial charge in [-0.3, -0.25) is 9.59 Å². The van der Waals surface area contributed by atoms with E-state index in [0.717, 1.165) is 62.5 Å². The Morgan fingerprint density at radius 3 is 2.33 bits per heavy atom. The Bertz CT molecular complexity index is 2090. The lowest BCUT2D eigenvalue weighted by molar-refractivity contribution is -0.0430. The van der Waals surface area contributed by atoms with Crippen LogP contribution in [0.15, 0.2) is 46.1 Å². The molecule has 1 aromatic heterocycles. The van der Waals surface area contributed by atoms with Crippen LogP contribution in [0.3, 0.4) is 0 Å². The fourth-order valence-corrected chi connectivity index (χ4v) is 8.80. The Kier molecular flexibility index (Phi) is 10.6. The van der Waals surface area contributed by atoms with Gasteiger partial charge < -0.3 is 34.0 Å². The number of hydrogen-bond acceptors (Lipinski definition) is 15. The molecule has 3 aromatic rings. The van der Waals surface area contributed by atoms with Crippen molar-refractivity contribution in [2.75, 3.05) is 40.0 Å². The van der Waals surface area contributed by atoms with E-state index in [1.165, 1.54) is 16.4 Å². The number of hydrogen-bond donors (Lipinski definition) is 1. The molecule has 1 N–H and O–H groups in total. The van der Waals surface area contributed by atoms with Crippen molar-refractivity contribution in [2.45, 2.75) is 60.9 Å². The SMILES string of the molecule is COC(=O)OCOP(=O)(OCOC(=O)OC)OCOc1c2n(c(-c3cc(F)c(F)c4c3Cc3ccccc3SC4)cc1=O)N[C@@H]1CCCC3(CC3)N1C2=O. The summed E-state index contributed by atoms with van der Waals surface area (Å²) < 4.78 is 84.2. The molecule has 288 valence electrons. The minimum Gasteiger partial charge on any atom is -0.460 e. The largest absolute Gasteiger partial charge is 0.510 e. The number of benzene rings is 2. The molecule has 4 heterocycles. The van der Waals surface area contributed by atoms with E-state index < -0.39 is 80.9 Å². The van der Waals surface area contributed by atoms with E-state index in [4.69, 9.17) is 18.3 Å². The molecule has 1 atom stereocenters. The molecule has 54 heavy (non-hydrogen) atoms. The number of nitrogens with one attached hydrogen (secondary N) is 1. The quantitative estimate of drug-likeness (QED) is 0.135. The van der Waals surface area contributed by atoms with Crippen LogP contribution in [-0.2, 0) is 49.3 Å². The molecule has 1 saturated heterocycles. The smallest absolute Gasteiger partial charge is 0.460 e. The molecule has 2 fully saturated rings. The van der Waals surface area contributed by atoms with Crippen molar-refractivity contribution in [3.8, 4) is 17.0 Å². The fourth-order valence-electron chi connectivity index (χ4n) is 6.93. The first kappa shape index (κ1) is 37.6. The van der Waals surface area contributed by atoms with Crippen LogP contribution in [0.25, 0.3) is 11.3 Å². The maximum atomic E-state index is 15.5. The van der Waals surface area contributed by atoms with E-state index in [1.807, 2.05) is 24.3 Å². The minimum absolute atomic E-state index is 0.100. The van der Waals surface area contributed by atoms with Crippen LogP contribution >= 0.6 is 19.6 Å². The highest BCUT2D eigenvalue weighted by atomic mass is 32.2. The van der Waals surface area contributed by atoms with Crippen molar-refractivity contribution in [1.82, 2.24) is 9.58 Å². The van der Waals surface area contributed by atoms with Crippen molar-refractivity contribution in [3.63, 3.8) is 0 Å². The number of halogens is 2. The Morgan fingerprint density at radius 2 is 1.65 bits per heavy atom. The van der Waals surface area contributed by atoms with Gasteiger partial charge in [-0.2, -0.15) is 0 Å². The predicted octanol–water partition coefficient (Wildman–Crippen LogP) is 6.01. The van der Waals surface area contributed by atoms with E-state index in [2.05, 4.69) is 24.4 Å². The highest BCUT2D eigenvalue weighted by Gasteiger charge is 2.57. The van der Waals surface area contributed by atoms with Crippen LogP contribution in [0.1, 0.15) is 59.3 Å². The molecule has 3 aliphatic heterocycles. The maximum absolute atomic E-state index is 15.5. The van der Waals surface area contributed by atoms with Crippen molar-refractivity contribution < 1.29 is 65.0 Å². The molecule has 4 aliphatic rings. The predicted molar refractivity (Wildman–Crippen MR) is 183 cm³/mol. The topological polar surface area (TPSA) is 179 Å². The molecule has 20 heteroatoms. The van der Waals surface area contributed by atoms with Gasteiger partial charge in [-0.15, -0.1) is 11.8 Å². The second kappa shape index (κ2) is 15.2. The Morgan fingerprint density at radius 1 is 0.963 bits per heavy atom. The highest BCUT2D eigenvalue weighted by molar-refractivity contribution is 7.98. The van der Waals surface area contributed by atoms with Crippen LogP contribution < -0.4 is 15.6 Å². The molecular formula is C34H34F2N3O13PS. The zero-order valence-electron chi connectivity index (χ0n) is 28.9. The molecule has 0 bridgehead atoms. The van der Waals surface area contributed by atoms with Gasteiger partial charge in [0, 0.05) is 33.4 Å². The van der Waals surface area contributed by atoms with Crippen molar-refractivity contribution >= 4 is 37.8 Å². The number of methoxy groups -OCH3 is 2. The zero-order chi connectivity index (χ0) is 38.2. The zero-order valence-corrected chi connectivity index (χ0v) is 30.6. The van der Waals surface area contributed by atoms with Gasteiger partial charge in [0.1, 0.15) is 6.17 Å². The van der Waals surface area contributed by atoms with Gasteiger partial charge in [-0.1, -0.05) is 18.2 Å². The number of thioether (sulfide) groups is 1. The molecule has 1 saturated carbocycles. The van der Waals surface area contributed by atoms with Crippen molar-refractivity contribution in [1.29, 1.82) is 0 Å². The number of phosphoric ester groups is 1. The first-order valence-corrected chi connectivity index (χ1v) is 19.1. The number of rotatable bonds is 11. The first-order chi connectivity index (χ1) is 26.0. The van der Waals surface area contributed by atoms with Gasteiger partial charge in [0.25, 0.3) is 5.91 Å². The number of carbonyl (C=O) groups excluding carboxylic acids is 3. The summed E-state index contributed by atoms with van der Waals surface area (Å²) in [5.41, 5.74) is 3.61. The Balaban J connectivity index is 1.27. The average Bonchev–Trinajstić information content (AvgIpc) is 3.95. The summed E-state index contributed by atoms with van der Waals surface area (Å²) in [6.45, 7) is -3.04. The standard InChI is InChI=1S/C34H34F2N3O13PS/c1-45-32(42)48-17-51-53(44,52-18-49-33(43)46-2)50-16-47-30-25(40)14-24(39-29(30)31(41)38-27(37-39)8-5-9-34(38)10-11-34)21-13-23(35)28(36)22-15-54-26-7-4-3-6-19(26)12-20(21)22/h3-4,6-7,13-14,27,37H,5,8-12,15-18H2,1-2H3/t27-/m0/s1. The Hall–Kier alpha value is -4.68. The first-order valence-electron chi connectivity index (χ1n) is 16.7. The molecule has 0 unspecified atom stereocenters. The van der Waals surface area contributed by atoms with Crippen molar-refractivity contribution in [3.05, 3.63) is 80.6 Å². The van der Waals surface area contributed by atoms with Crippen LogP contribution in [0.2, 0.25) is 0 Å². The molecule has 1 spiro atoms. The molecule has 0 radical (unpaired) electrons. The monoisotopic (exact) mass is 793 g/mol. The summed E-state index contributed by atoms with van der Waals surface area (Å²) in [4.78, 5) is 54.0. The molecule has 1 amide bonds. The third-order valence-electron chi connectivity index (χ3n) is 9.59. The molecular weight excluding hydrogens is 759 g/mol. The van der Waals surface area contributed by atoms with Gasteiger partial charge in [0.15, 0.2) is 17.3 Å². The number of fused-ring (bicyclic) bond motifs is 5. The molecule has 2 aromatic carbocycles. The highest BCUT2D eigenvalue weighted by Crippen LogP contribution is 2.53. The summed E-state index contributed by atoms with van der Waals surface area (Å²) in [5, 5.41) is 0. The Labute approximate surface area is 310 Å². The number of ether oxygens (including phenoxy) is 5. The van der Waals surface area contributed by atoms with E-state index in [9.17, 15) is 23.7 Å². The van der Waals surface area contributed by atoms with E-state index in [0.29, 0.717) is 12.0 Å². The number of phosphoric acid groups is 1. The van der Waals surface area contributed by atoms with Crippen LogP contribution in [0.5, 0.6) is 5.75 Å². The number of amides is 1. The third-order valence-corrected chi connectivity index (χ3v) is 12.0. The third kappa shape index (κ3) is 7.25. The summed E-state index contributed by atoms with van der Waals surface area (Å²) in [5.74, 6) is -3.05. The summed E-state index contributed by atoms with van der Waals surface area (Å²) in [7, 11) is -2.75.